The maximum Gasteiger partial charge on any atom is 0.379 e. The summed E-state index contributed by atoms with van der Waals surface area (Å²) in [6.07, 6.45) is 0. The number of nitrogens with two attached hydrogens (primary N) is 1. The van der Waals surface area contributed by atoms with Gasteiger partial charge in [0.15, 0.2) is 0 Å². The number of furan rings is 1. The average Bonchev–Trinajstić information content (AvgIpc) is 3.31. The van der Waals surface area contributed by atoms with Crippen LogP contribution in [0.1, 0.15) is 38.7 Å². The molecule has 0 saturated heterocycles. The molecule has 0 radical (unpaired) electrons. The Labute approximate surface area is 245 Å². The Hall–Kier alpha value is -5.26. The van der Waals surface area contributed by atoms with Gasteiger partial charge in [-0.2, -0.15) is 5.26 Å². The minimum absolute atomic E-state index is 0.0524. The number of carbonyl (C=O) groups is 1. The minimum Gasteiger partial charge on any atom is -0.489 e. The smallest absolute Gasteiger partial charge is 0.379 e. The van der Waals surface area contributed by atoms with E-state index < -0.39 is 11.9 Å². The van der Waals surface area contributed by atoms with Crippen LogP contribution in [0.25, 0.3) is 11.0 Å². The molecule has 0 fully saturated rings. The van der Waals surface area contributed by atoms with Gasteiger partial charge in [-0.25, -0.2) is 9.18 Å². The van der Waals surface area contributed by atoms with E-state index in [1.165, 1.54) is 6.07 Å². The summed E-state index contributed by atoms with van der Waals surface area (Å²) in [6.45, 7) is 1.83. The molecule has 0 saturated carbocycles. The molecule has 1 aromatic heterocycles. The Morgan fingerprint density at radius 2 is 1.81 bits per heavy atom. The lowest BCUT2D eigenvalue weighted by Gasteiger charge is -2.26. The zero-order valence-electron chi connectivity index (χ0n) is 22.2. The number of ether oxygens (including phenoxy) is 3. The Bertz CT molecular complexity index is 1920. The van der Waals surface area contributed by atoms with E-state index in [0.29, 0.717) is 38.8 Å². The monoisotopic (exact) mass is 580 g/mol. The number of halogens is 2. The first kappa shape index (κ1) is 26.9. The molecule has 0 bridgehead atoms. The van der Waals surface area contributed by atoms with Gasteiger partial charge in [0.25, 0.3) is 0 Å². The van der Waals surface area contributed by atoms with Gasteiger partial charge in [0, 0.05) is 33.2 Å². The van der Waals surface area contributed by atoms with Crippen LogP contribution < -0.4 is 19.9 Å². The second-order valence-electron chi connectivity index (χ2n) is 9.66. The van der Waals surface area contributed by atoms with E-state index in [0.717, 1.165) is 10.9 Å². The van der Waals surface area contributed by atoms with Crippen molar-refractivity contribution < 1.29 is 27.8 Å². The Balaban J connectivity index is 1.25. The van der Waals surface area contributed by atoms with Crippen LogP contribution in [0.5, 0.6) is 17.2 Å². The number of esters is 1. The lowest BCUT2D eigenvalue weighted by molar-refractivity contribution is 0.0702. The highest BCUT2D eigenvalue weighted by Gasteiger charge is 2.31. The average molecular weight is 581 g/mol. The first-order valence-electron chi connectivity index (χ1n) is 12.9. The van der Waals surface area contributed by atoms with Gasteiger partial charge in [-0.15, -0.1) is 0 Å². The van der Waals surface area contributed by atoms with E-state index in [1.54, 1.807) is 73.7 Å². The van der Waals surface area contributed by atoms with Gasteiger partial charge in [0.2, 0.25) is 11.6 Å². The number of fused-ring (bicyclic) bond motifs is 2. The van der Waals surface area contributed by atoms with Gasteiger partial charge in [-0.3, -0.25) is 0 Å². The summed E-state index contributed by atoms with van der Waals surface area (Å²) in [4.78, 5) is 13.0. The van der Waals surface area contributed by atoms with Gasteiger partial charge < -0.3 is 24.4 Å². The number of allylic oxidation sites excluding steroid dienone is 1. The van der Waals surface area contributed by atoms with Crippen molar-refractivity contribution in [3.05, 3.63) is 135 Å². The molecule has 4 aromatic carbocycles. The third-order valence-electron chi connectivity index (χ3n) is 7.05. The number of carbonyl (C=O) groups excluding carboxylic acids is 1. The molecule has 5 aromatic rings. The SMILES string of the molecule is Cc1c(C(=O)Oc2ccc3c(c2)OC(N)=C(C#N)C3c2ccc(OCc3ccccc3F)cc2)oc2ccc(Cl)cc12. The summed E-state index contributed by atoms with van der Waals surface area (Å²) in [5, 5.41) is 11.1. The Morgan fingerprint density at radius 1 is 1.05 bits per heavy atom. The van der Waals surface area contributed by atoms with Gasteiger partial charge in [0.1, 0.15) is 46.9 Å². The number of nitrogens with zero attached hydrogens (tertiary/aromatic N) is 1. The summed E-state index contributed by atoms with van der Waals surface area (Å²) in [7, 11) is 0. The van der Waals surface area contributed by atoms with Crippen LogP contribution in [0.15, 0.2) is 101 Å². The summed E-state index contributed by atoms with van der Waals surface area (Å²) < 4.78 is 36.8. The maximum absolute atomic E-state index is 13.9. The molecule has 0 amide bonds. The highest BCUT2D eigenvalue weighted by Crippen LogP contribution is 2.44. The van der Waals surface area contributed by atoms with Crippen molar-refractivity contribution in [3.8, 4) is 23.3 Å². The van der Waals surface area contributed by atoms with E-state index in [-0.39, 0.29) is 35.4 Å². The van der Waals surface area contributed by atoms with Crippen molar-refractivity contribution in [2.24, 2.45) is 5.73 Å². The summed E-state index contributed by atoms with van der Waals surface area (Å²) in [5.41, 5.74) is 9.38. The molecule has 9 heteroatoms. The number of aryl methyl sites for hydroxylation is 1. The van der Waals surface area contributed by atoms with E-state index in [1.807, 2.05) is 12.1 Å². The Morgan fingerprint density at radius 3 is 2.57 bits per heavy atom. The largest absolute Gasteiger partial charge is 0.489 e. The minimum atomic E-state index is -0.681. The maximum atomic E-state index is 13.9. The number of benzene rings is 4. The topological polar surface area (TPSA) is 108 Å². The van der Waals surface area contributed by atoms with Crippen LogP contribution in [-0.2, 0) is 6.61 Å². The van der Waals surface area contributed by atoms with Crippen molar-refractivity contribution in [1.29, 1.82) is 5.26 Å². The molecular formula is C33H22ClFN2O5. The van der Waals surface area contributed by atoms with Crippen molar-refractivity contribution in [3.63, 3.8) is 0 Å². The van der Waals surface area contributed by atoms with Crippen molar-refractivity contribution in [2.75, 3.05) is 0 Å². The zero-order chi connectivity index (χ0) is 29.4. The number of hydrogen-bond donors (Lipinski definition) is 1. The lowest BCUT2D eigenvalue weighted by atomic mass is 9.83. The molecule has 7 nitrogen and oxygen atoms in total. The molecule has 1 unspecified atom stereocenters. The molecule has 1 aliphatic rings. The van der Waals surface area contributed by atoms with Gasteiger partial charge in [-0.05, 0) is 55.0 Å². The number of hydrogen-bond acceptors (Lipinski definition) is 7. The molecule has 2 heterocycles. The number of nitriles is 1. The van der Waals surface area contributed by atoms with Crippen molar-refractivity contribution in [2.45, 2.75) is 19.4 Å². The molecule has 208 valence electrons. The third-order valence-corrected chi connectivity index (χ3v) is 7.29. The highest BCUT2D eigenvalue weighted by atomic mass is 35.5. The molecule has 42 heavy (non-hydrogen) atoms. The van der Waals surface area contributed by atoms with Crippen molar-refractivity contribution in [1.82, 2.24) is 0 Å². The van der Waals surface area contributed by atoms with Crippen LogP contribution in [-0.4, -0.2) is 5.97 Å². The molecule has 2 N–H and O–H groups in total. The Kier molecular flexibility index (Phi) is 7.03. The quantitative estimate of drug-likeness (QED) is 0.163. The first-order valence-corrected chi connectivity index (χ1v) is 13.3. The summed E-state index contributed by atoms with van der Waals surface area (Å²) in [6, 6.07) is 25.7. The summed E-state index contributed by atoms with van der Waals surface area (Å²) >= 11 is 6.09. The predicted molar refractivity (Wildman–Crippen MR) is 154 cm³/mol. The second-order valence-corrected chi connectivity index (χ2v) is 10.1. The van der Waals surface area contributed by atoms with Crippen LogP contribution in [0, 0.1) is 24.1 Å². The van der Waals surface area contributed by atoms with Crippen LogP contribution in [0.3, 0.4) is 0 Å². The fourth-order valence-corrected chi connectivity index (χ4v) is 5.09. The van der Waals surface area contributed by atoms with E-state index in [4.69, 9.17) is 36.0 Å². The first-order chi connectivity index (χ1) is 20.3. The van der Waals surface area contributed by atoms with Gasteiger partial charge >= 0.3 is 5.97 Å². The molecule has 6 rings (SSSR count). The fourth-order valence-electron chi connectivity index (χ4n) is 4.92. The molecule has 1 atom stereocenters. The lowest BCUT2D eigenvalue weighted by Crippen LogP contribution is -2.21. The van der Waals surface area contributed by atoms with E-state index >= 15 is 0 Å². The highest BCUT2D eigenvalue weighted by molar-refractivity contribution is 6.31. The molecule has 0 spiro atoms. The summed E-state index contributed by atoms with van der Waals surface area (Å²) in [5.74, 6) is -0.457. The van der Waals surface area contributed by atoms with Gasteiger partial charge in [-0.1, -0.05) is 48.0 Å². The number of rotatable bonds is 6. The third kappa shape index (κ3) is 5.02. The fraction of sp³-hybridized carbons (Fsp3) is 0.0909. The van der Waals surface area contributed by atoms with E-state index in [2.05, 4.69) is 6.07 Å². The van der Waals surface area contributed by atoms with Crippen molar-refractivity contribution >= 4 is 28.5 Å². The zero-order valence-corrected chi connectivity index (χ0v) is 22.9. The second kappa shape index (κ2) is 11.0. The molecular weight excluding hydrogens is 559 g/mol. The van der Waals surface area contributed by atoms with Crippen LogP contribution >= 0.6 is 11.6 Å². The van der Waals surface area contributed by atoms with Crippen LogP contribution in [0.4, 0.5) is 4.39 Å². The standard InChI is InChI=1S/C33H22ClFN2O5/c1-18-25-14-21(34)8-13-28(25)41-31(18)33(38)40-23-11-12-24-29(15-23)42-32(37)26(16-36)30(24)19-6-9-22(10-7-19)39-17-20-4-2-3-5-27(20)35/h2-15,30H,17,37H2,1H3. The van der Waals surface area contributed by atoms with Gasteiger partial charge in [0.05, 0.1) is 5.92 Å². The normalized spacial score (nSPS) is 14.2. The van der Waals surface area contributed by atoms with E-state index in [9.17, 15) is 14.4 Å². The predicted octanol–water partition coefficient (Wildman–Crippen LogP) is 7.55. The molecule has 0 aliphatic carbocycles. The van der Waals surface area contributed by atoms with Crippen LogP contribution in [0.2, 0.25) is 5.02 Å². The molecule has 1 aliphatic heterocycles.